The van der Waals surface area contributed by atoms with Gasteiger partial charge in [-0.05, 0) is 13.0 Å². The summed E-state index contributed by atoms with van der Waals surface area (Å²) in [4.78, 5) is 26.7. The van der Waals surface area contributed by atoms with E-state index < -0.39 is 18.1 Å². The molecule has 28 heavy (non-hydrogen) atoms. The number of ether oxygens (including phenoxy) is 2. The molecule has 2 atom stereocenters. The van der Waals surface area contributed by atoms with E-state index in [1.165, 1.54) is 12.3 Å². The Bertz CT molecular complexity index is 715. The Morgan fingerprint density at radius 2 is 2.14 bits per heavy atom. The van der Waals surface area contributed by atoms with Crippen LogP contribution in [0.3, 0.4) is 0 Å². The highest BCUT2D eigenvalue weighted by atomic mass is 19.4. The fourth-order valence-corrected chi connectivity index (χ4v) is 3.21. The Hall–Kier alpha value is -2.27. The number of alkyl halides is 3. The number of fused-ring (bicyclic) bond motifs is 1. The predicted molar refractivity (Wildman–Crippen MR) is 87.0 cm³/mol. The molecule has 11 heteroatoms. The summed E-state index contributed by atoms with van der Waals surface area (Å²) in [5, 5.41) is 7.12. The zero-order valence-electron chi connectivity index (χ0n) is 15.0. The summed E-state index contributed by atoms with van der Waals surface area (Å²) in [5.74, 6) is -3.25. The highest BCUT2D eigenvalue weighted by Crippen LogP contribution is 2.42. The van der Waals surface area contributed by atoms with E-state index in [9.17, 15) is 22.4 Å². The van der Waals surface area contributed by atoms with E-state index in [2.05, 4.69) is 4.98 Å². The average molecular weight is 408 g/mol. The standard InChI is InChI=1S/C15H19FN2O3.C2HF3O2/c1-2-20-9-15-8-18(6-12(15)7-21-10-15)14(19)11-3-4-17-13(16)5-11;3-2(4,5)1(6)7/h3-5,12H,2,6-10H2,1H3;(H,6,7)/t12-,15-;/m1./s1. The predicted octanol–water partition coefficient (Wildman–Crippen LogP) is 1.98. The number of halogens is 4. The van der Waals surface area contributed by atoms with Crippen LogP contribution in [0.5, 0.6) is 0 Å². The van der Waals surface area contributed by atoms with E-state index in [1.54, 1.807) is 11.0 Å². The van der Waals surface area contributed by atoms with Gasteiger partial charge in [-0.25, -0.2) is 9.78 Å². The monoisotopic (exact) mass is 408 g/mol. The Morgan fingerprint density at radius 1 is 1.46 bits per heavy atom. The van der Waals surface area contributed by atoms with E-state index in [0.717, 1.165) is 0 Å². The number of amides is 1. The molecular weight excluding hydrogens is 388 g/mol. The molecule has 0 unspecified atom stereocenters. The van der Waals surface area contributed by atoms with E-state index in [1.807, 2.05) is 6.92 Å². The Balaban J connectivity index is 0.000000345. The lowest BCUT2D eigenvalue weighted by atomic mass is 9.82. The van der Waals surface area contributed by atoms with Gasteiger partial charge in [-0.2, -0.15) is 17.6 Å². The van der Waals surface area contributed by atoms with Gasteiger partial charge in [0, 0.05) is 48.9 Å². The van der Waals surface area contributed by atoms with Crippen molar-refractivity contribution in [1.82, 2.24) is 9.88 Å². The number of carboxylic acids is 1. The fourth-order valence-electron chi connectivity index (χ4n) is 3.21. The number of carbonyl (C=O) groups excluding carboxylic acids is 1. The highest BCUT2D eigenvalue weighted by Gasteiger charge is 2.52. The second kappa shape index (κ2) is 8.82. The molecule has 0 aliphatic carbocycles. The lowest BCUT2D eigenvalue weighted by Gasteiger charge is -2.26. The van der Waals surface area contributed by atoms with Gasteiger partial charge in [-0.1, -0.05) is 0 Å². The minimum absolute atomic E-state index is 0.114. The Morgan fingerprint density at radius 3 is 2.71 bits per heavy atom. The number of aliphatic carboxylic acids is 1. The van der Waals surface area contributed by atoms with Crippen molar-refractivity contribution in [1.29, 1.82) is 0 Å². The van der Waals surface area contributed by atoms with Gasteiger partial charge >= 0.3 is 12.1 Å². The number of carbonyl (C=O) groups is 2. The summed E-state index contributed by atoms with van der Waals surface area (Å²) in [7, 11) is 0. The Kier molecular flexibility index (Phi) is 6.94. The maximum Gasteiger partial charge on any atom is 0.490 e. The first kappa shape index (κ1) is 22.0. The zero-order chi connectivity index (χ0) is 20.9. The largest absolute Gasteiger partial charge is 0.490 e. The van der Waals surface area contributed by atoms with Crippen molar-refractivity contribution in [3.8, 4) is 0 Å². The number of pyridine rings is 1. The molecule has 2 aliphatic rings. The second-order valence-electron chi connectivity index (χ2n) is 6.57. The third-order valence-corrected chi connectivity index (χ3v) is 4.62. The van der Waals surface area contributed by atoms with Crippen LogP contribution in [0.4, 0.5) is 17.6 Å². The quantitative estimate of drug-likeness (QED) is 0.606. The molecule has 1 aromatic rings. The lowest BCUT2D eigenvalue weighted by molar-refractivity contribution is -0.192. The van der Waals surface area contributed by atoms with Crippen molar-refractivity contribution in [2.45, 2.75) is 13.1 Å². The van der Waals surface area contributed by atoms with Crippen molar-refractivity contribution in [2.24, 2.45) is 11.3 Å². The van der Waals surface area contributed by atoms with Gasteiger partial charge < -0.3 is 19.5 Å². The van der Waals surface area contributed by atoms with Crippen LogP contribution in [-0.4, -0.2) is 72.6 Å². The molecule has 0 saturated carbocycles. The first-order valence-corrected chi connectivity index (χ1v) is 8.45. The third kappa shape index (κ3) is 5.16. The molecule has 0 aromatic carbocycles. The van der Waals surface area contributed by atoms with Crippen LogP contribution >= 0.6 is 0 Å². The van der Waals surface area contributed by atoms with Crippen LogP contribution in [0, 0.1) is 17.3 Å². The first-order chi connectivity index (χ1) is 13.1. The number of carboxylic acid groups (broad SMARTS) is 1. The van der Waals surface area contributed by atoms with Gasteiger partial charge in [-0.3, -0.25) is 4.79 Å². The number of rotatable bonds is 4. The maximum atomic E-state index is 13.2. The molecule has 2 aliphatic heterocycles. The van der Waals surface area contributed by atoms with Gasteiger partial charge in [0.15, 0.2) is 0 Å². The van der Waals surface area contributed by atoms with Crippen LogP contribution < -0.4 is 0 Å². The van der Waals surface area contributed by atoms with Crippen molar-refractivity contribution in [3.63, 3.8) is 0 Å². The third-order valence-electron chi connectivity index (χ3n) is 4.62. The molecule has 1 aromatic heterocycles. The molecule has 3 rings (SSSR count). The van der Waals surface area contributed by atoms with Crippen LogP contribution in [-0.2, 0) is 14.3 Å². The molecule has 0 spiro atoms. The first-order valence-electron chi connectivity index (χ1n) is 8.45. The minimum atomic E-state index is -5.08. The second-order valence-corrected chi connectivity index (χ2v) is 6.57. The smallest absolute Gasteiger partial charge is 0.475 e. The SMILES string of the molecule is CCOC[C@]12COC[C@H]1CN(C(=O)c1ccnc(F)c1)C2.O=C(O)C(F)(F)F. The highest BCUT2D eigenvalue weighted by molar-refractivity contribution is 5.94. The summed E-state index contributed by atoms with van der Waals surface area (Å²) in [6.45, 7) is 5.71. The Labute approximate surface area is 158 Å². The number of likely N-dealkylation sites (tertiary alicyclic amines) is 1. The van der Waals surface area contributed by atoms with E-state index in [-0.39, 0.29) is 11.3 Å². The molecular formula is C17H20F4N2O5. The van der Waals surface area contributed by atoms with Gasteiger partial charge in [0.05, 0.1) is 19.8 Å². The normalized spacial score (nSPS) is 23.8. The van der Waals surface area contributed by atoms with Crippen LogP contribution in [0.15, 0.2) is 18.3 Å². The summed E-state index contributed by atoms with van der Waals surface area (Å²) >= 11 is 0. The number of hydrogen-bond donors (Lipinski definition) is 1. The minimum Gasteiger partial charge on any atom is -0.475 e. The van der Waals surface area contributed by atoms with Crippen molar-refractivity contribution < 1.29 is 41.7 Å². The zero-order valence-corrected chi connectivity index (χ0v) is 15.0. The summed E-state index contributed by atoms with van der Waals surface area (Å²) in [6, 6.07) is 2.73. The molecule has 0 bridgehead atoms. The molecule has 1 N–H and O–H groups in total. The van der Waals surface area contributed by atoms with Crippen molar-refractivity contribution in [2.75, 3.05) is 39.5 Å². The summed E-state index contributed by atoms with van der Waals surface area (Å²) < 4.78 is 56.1. The van der Waals surface area contributed by atoms with Gasteiger partial charge in [0.2, 0.25) is 5.95 Å². The van der Waals surface area contributed by atoms with Gasteiger partial charge in [0.1, 0.15) is 0 Å². The number of aromatic nitrogens is 1. The molecule has 156 valence electrons. The van der Waals surface area contributed by atoms with Gasteiger partial charge in [0.25, 0.3) is 5.91 Å². The van der Waals surface area contributed by atoms with Crippen molar-refractivity contribution >= 4 is 11.9 Å². The maximum absolute atomic E-state index is 13.2. The molecule has 1 amide bonds. The number of nitrogens with zero attached hydrogens (tertiary/aromatic N) is 2. The lowest BCUT2D eigenvalue weighted by Crippen LogP contribution is -2.37. The molecule has 2 saturated heterocycles. The van der Waals surface area contributed by atoms with Crippen LogP contribution in [0.25, 0.3) is 0 Å². The fraction of sp³-hybridized carbons (Fsp3) is 0.588. The summed E-state index contributed by atoms with van der Waals surface area (Å²) in [6.07, 6.45) is -3.77. The summed E-state index contributed by atoms with van der Waals surface area (Å²) in [5.41, 5.74) is 0.229. The van der Waals surface area contributed by atoms with Gasteiger partial charge in [-0.15, -0.1) is 0 Å². The molecule has 0 radical (unpaired) electrons. The van der Waals surface area contributed by atoms with Crippen LogP contribution in [0.2, 0.25) is 0 Å². The number of hydrogen-bond acceptors (Lipinski definition) is 5. The average Bonchev–Trinajstić information content (AvgIpc) is 3.16. The van der Waals surface area contributed by atoms with E-state index in [0.29, 0.717) is 51.0 Å². The van der Waals surface area contributed by atoms with E-state index in [4.69, 9.17) is 19.4 Å². The van der Waals surface area contributed by atoms with Crippen LogP contribution in [0.1, 0.15) is 17.3 Å². The van der Waals surface area contributed by atoms with E-state index >= 15 is 0 Å². The molecule has 7 nitrogen and oxygen atoms in total. The van der Waals surface area contributed by atoms with Crippen molar-refractivity contribution in [3.05, 3.63) is 29.8 Å². The molecule has 3 heterocycles. The molecule has 2 fully saturated rings. The topological polar surface area (TPSA) is 89.0 Å².